The molecule has 8 nitrogen and oxygen atoms in total. The molecule has 0 aliphatic carbocycles. The van der Waals surface area contributed by atoms with E-state index in [0.29, 0.717) is 31.9 Å². The third-order valence-electron chi connectivity index (χ3n) is 5.43. The summed E-state index contributed by atoms with van der Waals surface area (Å²) in [5, 5.41) is 6.58. The molecule has 4 rings (SSSR count). The molecule has 0 spiro atoms. The summed E-state index contributed by atoms with van der Waals surface area (Å²) in [7, 11) is 1.63. The van der Waals surface area contributed by atoms with Gasteiger partial charge in [-0.15, -0.1) is 0 Å². The van der Waals surface area contributed by atoms with Gasteiger partial charge in [-0.05, 0) is 30.3 Å². The number of alkyl halides is 3. The van der Waals surface area contributed by atoms with E-state index in [-0.39, 0.29) is 12.2 Å². The largest absolute Gasteiger partial charge is 0.495 e. The van der Waals surface area contributed by atoms with Gasteiger partial charge in [0.05, 0.1) is 36.3 Å². The van der Waals surface area contributed by atoms with Crippen LogP contribution in [-0.2, 0) is 11.0 Å². The Hall–Kier alpha value is -3.60. The number of carbonyl (C=O) groups excluding carboxylic acids is 1. The van der Waals surface area contributed by atoms with E-state index in [1.165, 1.54) is 23.4 Å². The fourth-order valence-electron chi connectivity index (χ4n) is 3.78. The predicted octanol–water partition coefficient (Wildman–Crippen LogP) is 3.06. The third kappa shape index (κ3) is 5.25. The number of benzene rings is 2. The quantitative estimate of drug-likeness (QED) is 0.610. The van der Waals surface area contributed by atoms with Crippen molar-refractivity contribution in [2.24, 2.45) is 0 Å². The highest BCUT2D eigenvalue weighted by molar-refractivity contribution is 5.94. The first-order valence-corrected chi connectivity index (χ1v) is 10.3. The Kier molecular flexibility index (Phi) is 6.50. The SMILES string of the molecule is COc1ccccc1N1CCN(CC(=O)Nc2cc(C(F)(F)F)ccc2-n2cncn2)CC1. The molecule has 0 saturated carbocycles. The first kappa shape index (κ1) is 22.6. The van der Waals surface area contributed by atoms with Crippen LogP contribution in [0.3, 0.4) is 0 Å². The molecule has 2 heterocycles. The van der Waals surface area contributed by atoms with Gasteiger partial charge in [-0.25, -0.2) is 9.67 Å². The zero-order chi connectivity index (χ0) is 23.4. The average Bonchev–Trinajstić information content (AvgIpc) is 3.33. The zero-order valence-electron chi connectivity index (χ0n) is 17.9. The molecule has 11 heteroatoms. The number of carbonyl (C=O) groups is 1. The second kappa shape index (κ2) is 9.49. The van der Waals surface area contributed by atoms with Crippen molar-refractivity contribution in [2.45, 2.75) is 6.18 Å². The van der Waals surface area contributed by atoms with E-state index in [1.54, 1.807) is 7.11 Å². The Labute approximate surface area is 188 Å². The van der Waals surface area contributed by atoms with Gasteiger partial charge in [0.25, 0.3) is 0 Å². The fraction of sp³-hybridized carbons (Fsp3) is 0.318. The van der Waals surface area contributed by atoms with Crippen LogP contribution in [0.1, 0.15) is 5.56 Å². The topological polar surface area (TPSA) is 75.5 Å². The molecule has 1 aliphatic rings. The van der Waals surface area contributed by atoms with Crippen LogP contribution < -0.4 is 15.0 Å². The summed E-state index contributed by atoms with van der Waals surface area (Å²) < 4.78 is 46.4. The lowest BCUT2D eigenvalue weighted by molar-refractivity contribution is -0.137. The Bertz CT molecular complexity index is 1100. The summed E-state index contributed by atoms with van der Waals surface area (Å²) in [4.78, 5) is 20.7. The van der Waals surface area contributed by atoms with Crippen LogP contribution in [0, 0.1) is 0 Å². The number of para-hydroxylation sites is 2. The van der Waals surface area contributed by atoms with E-state index in [2.05, 4.69) is 20.3 Å². The van der Waals surface area contributed by atoms with Gasteiger partial charge in [0.1, 0.15) is 18.4 Å². The molecule has 0 unspecified atom stereocenters. The third-order valence-corrected chi connectivity index (χ3v) is 5.43. The first-order chi connectivity index (χ1) is 15.8. The van der Waals surface area contributed by atoms with E-state index < -0.39 is 17.6 Å². The number of anilines is 2. The van der Waals surface area contributed by atoms with Crippen LogP contribution in [-0.4, -0.2) is 65.4 Å². The molecular weight excluding hydrogens is 437 g/mol. The molecule has 1 saturated heterocycles. The number of piperazine rings is 1. The van der Waals surface area contributed by atoms with Gasteiger partial charge in [-0.2, -0.15) is 18.3 Å². The van der Waals surface area contributed by atoms with Crippen molar-refractivity contribution in [2.75, 3.05) is 50.1 Å². The van der Waals surface area contributed by atoms with Crippen molar-refractivity contribution in [3.05, 3.63) is 60.7 Å². The lowest BCUT2D eigenvalue weighted by atomic mass is 10.1. The maximum atomic E-state index is 13.2. The van der Waals surface area contributed by atoms with Gasteiger partial charge in [-0.1, -0.05) is 12.1 Å². The molecule has 1 amide bonds. The second-order valence-electron chi connectivity index (χ2n) is 7.55. The maximum absolute atomic E-state index is 13.2. The average molecular weight is 460 g/mol. The lowest BCUT2D eigenvalue weighted by Gasteiger charge is -2.36. The van der Waals surface area contributed by atoms with Crippen LogP contribution in [0.5, 0.6) is 5.75 Å². The molecule has 1 aliphatic heterocycles. The van der Waals surface area contributed by atoms with E-state index in [1.807, 2.05) is 29.2 Å². The first-order valence-electron chi connectivity index (χ1n) is 10.3. The smallest absolute Gasteiger partial charge is 0.416 e. The molecule has 3 aromatic rings. The van der Waals surface area contributed by atoms with E-state index in [4.69, 9.17) is 4.74 Å². The monoisotopic (exact) mass is 460 g/mol. The molecule has 0 radical (unpaired) electrons. The molecule has 1 aromatic heterocycles. The van der Waals surface area contributed by atoms with E-state index in [0.717, 1.165) is 23.6 Å². The van der Waals surface area contributed by atoms with Crippen LogP contribution >= 0.6 is 0 Å². The number of hydrogen-bond acceptors (Lipinski definition) is 6. The van der Waals surface area contributed by atoms with Crippen molar-refractivity contribution in [1.82, 2.24) is 19.7 Å². The highest BCUT2D eigenvalue weighted by Gasteiger charge is 2.31. The summed E-state index contributed by atoms with van der Waals surface area (Å²) in [6, 6.07) is 10.9. The zero-order valence-corrected chi connectivity index (χ0v) is 17.9. The Morgan fingerprint density at radius 1 is 1.09 bits per heavy atom. The van der Waals surface area contributed by atoms with Crippen LogP contribution in [0.2, 0.25) is 0 Å². The Balaban J connectivity index is 1.42. The minimum Gasteiger partial charge on any atom is -0.495 e. The number of methoxy groups -OCH3 is 1. The molecule has 0 atom stereocenters. The summed E-state index contributed by atoms with van der Waals surface area (Å²) in [6.07, 6.45) is -1.91. The highest BCUT2D eigenvalue weighted by Crippen LogP contribution is 2.33. The molecular formula is C22H23F3N6O2. The van der Waals surface area contributed by atoms with E-state index >= 15 is 0 Å². The van der Waals surface area contributed by atoms with Gasteiger partial charge in [0, 0.05) is 26.2 Å². The number of amides is 1. The van der Waals surface area contributed by atoms with Gasteiger partial charge >= 0.3 is 6.18 Å². The van der Waals surface area contributed by atoms with Gasteiger partial charge in [0.2, 0.25) is 5.91 Å². The van der Waals surface area contributed by atoms with Crippen molar-refractivity contribution in [3.63, 3.8) is 0 Å². The Morgan fingerprint density at radius 2 is 1.85 bits per heavy atom. The number of rotatable bonds is 6. The minimum absolute atomic E-state index is 0.0213. The van der Waals surface area contributed by atoms with Crippen molar-refractivity contribution in [1.29, 1.82) is 0 Å². The molecule has 174 valence electrons. The normalized spacial score (nSPS) is 14.8. The van der Waals surface area contributed by atoms with Gasteiger partial charge in [-0.3, -0.25) is 9.69 Å². The van der Waals surface area contributed by atoms with Crippen LogP contribution in [0.4, 0.5) is 24.5 Å². The van der Waals surface area contributed by atoms with Crippen molar-refractivity contribution < 1.29 is 22.7 Å². The number of hydrogen-bond donors (Lipinski definition) is 1. The molecule has 1 fully saturated rings. The number of nitrogens with one attached hydrogen (secondary N) is 1. The molecule has 33 heavy (non-hydrogen) atoms. The summed E-state index contributed by atoms with van der Waals surface area (Å²) in [6.45, 7) is 2.71. The number of ether oxygens (including phenoxy) is 1. The van der Waals surface area contributed by atoms with Crippen LogP contribution in [0.15, 0.2) is 55.1 Å². The molecule has 1 N–H and O–H groups in total. The van der Waals surface area contributed by atoms with Gasteiger partial charge in [0.15, 0.2) is 0 Å². The number of nitrogens with zero attached hydrogens (tertiary/aromatic N) is 5. The lowest BCUT2D eigenvalue weighted by Crippen LogP contribution is -2.48. The highest BCUT2D eigenvalue weighted by atomic mass is 19.4. The van der Waals surface area contributed by atoms with Gasteiger partial charge < -0.3 is 15.0 Å². The molecule has 0 bridgehead atoms. The number of aromatic nitrogens is 3. The fourth-order valence-corrected chi connectivity index (χ4v) is 3.78. The summed E-state index contributed by atoms with van der Waals surface area (Å²) in [5.41, 5.74) is 0.459. The van der Waals surface area contributed by atoms with E-state index in [9.17, 15) is 18.0 Å². The van der Waals surface area contributed by atoms with Crippen molar-refractivity contribution >= 4 is 17.3 Å². The predicted molar refractivity (Wildman–Crippen MR) is 117 cm³/mol. The summed E-state index contributed by atoms with van der Waals surface area (Å²) in [5.74, 6) is 0.385. The minimum atomic E-state index is -4.53. The maximum Gasteiger partial charge on any atom is 0.416 e. The second-order valence-corrected chi connectivity index (χ2v) is 7.55. The van der Waals surface area contributed by atoms with Crippen LogP contribution in [0.25, 0.3) is 5.69 Å². The van der Waals surface area contributed by atoms with Crippen molar-refractivity contribution in [3.8, 4) is 11.4 Å². The molecule has 2 aromatic carbocycles. The Morgan fingerprint density at radius 3 is 2.52 bits per heavy atom. The standard InChI is InChI=1S/C22H23F3N6O2/c1-33-20-5-3-2-4-19(20)30-10-8-29(9-11-30)13-21(32)28-17-12-16(22(23,24)25)6-7-18(17)31-15-26-14-27-31/h2-7,12,14-15H,8-11,13H2,1H3,(H,28,32). The number of halogens is 3. The summed E-state index contributed by atoms with van der Waals surface area (Å²) >= 11 is 0.